The Morgan fingerprint density at radius 1 is 1.12 bits per heavy atom. The molecule has 2 heterocycles. The minimum Gasteiger partial charge on any atom is -0.481 e. The van der Waals surface area contributed by atoms with Crippen LogP contribution in [0.5, 0.6) is 0 Å². The van der Waals surface area contributed by atoms with Crippen molar-refractivity contribution in [3.8, 4) is 0 Å². The number of carboxylic acids is 1. The van der Waals surface area contributed by atoms with E-state index in [0.29, 0.717) is 0 Å². The second-order valence-corrected chi connectivity index (χ2v) is 9.24. The average Bonchev–Trinajstić information content (AvgIpc) is 3.67. The lowest BCUT2D eigenvalue weighted by Crippen LogP contribution is -2.45. The summed E-state index contributed by atoms with van der Waals surface area (Å²) in [6, 6.07) is 22.8. The van der Waals surface area contributed by atoms with Gasteiger partial charge in [-0.25, -0.2) is 4.98 Å². The molecule has 3 aromatic rings. The van der Waals surface area contributed by atoms with Crippen LogP contribution in [-0.4, -0.2) is 35.2 Å². The summed E-state index contributed by atoms with van der Waals surface area (Å²) in [5.41, 5.74) is 3.67. The molecule has 2 aromatic carbocycles. The van der Waals surface area contributed by atoms with Gasteiger partial charge in [-0.2, -0.15) is 0 Å². The molecule has 0 amide bonds. The Labute approximate surface area is 194 Å². The van der Waals surface area contributed by atoms with Gasteiger partial charge in [-0.15, -0.1) is 0 Å². The van der Waals surface area contributed by atoms with Gasteiger partial charge >= 0.3 is 5.97 Å². The number of hydrogen-bond acceptors (Lipinski definition) is 5. The van der Waals surface area contributed by atoms with E-state index in [-0.39, 0.29) is 18.0 Å². The third-order valence-electron chi connectivity index (χ3n) is 7.01. The van der Waals surface area contributed by atoms with E-state index in [1.165, 1.54) is 11.1 Å². The largest absolute Gasteiger partial charge is 0.481 e. The van der Waals surface area contributed by atoms with Crippen molar-refractivity contribution >= 4 is 17.5 Å². The molecule has 0 unspecified atom stereocenters. The summed E-state index contributed by atoms with van der Waals surface area (Å²) in [5.74, 6) is 0.405. The molecule has 3 atom stereocenters. The number of pyridine rings is 1. The summed E-state index contributed by atoms with van der Waals surface area (Å²) in [4.78, 5) is 16.3. The minimum absolute atomic E-state index is 0.0910. The van der Waals surface area contributed by atoms with Gasteiger partial charge in [-0.05, 0) is 47.6 Å². The van der Waals surface area contributed by atoms with Gasteiger partial charge in [0, 0.05) is 19.3 Å². The number of aliphatic carboxylic acids is 1. The lowest BCUT2D eigenvalue weighted by molar-refractivity contribution is -0.140. The van der Waals surface area contributed by atoms with Crippen LogP contribution in [0.3, 0.4) is 0 Å². The summed E-state index contributed by atoms with van der Waals surface area (Å²) >= 11 is 0. The first-order valence-electron chi connectivity index (χ1n) is 11.6. The highest BCUT2D eigenvalue weighted by Crippen LogP contribution is 2.48. The Hall–Kier alpha value is -3.38. The van der Waals surface area contributed by atoms with Crippen LogP contribution in [0.25, 0.3) is 0 Å². The zero-order chi connectivity index (χ0) is 22.8. The molecule has 0 bridgehead atoms. The highest BCUT2D eigenvalue weighted by molar-refractivity contribution is 5.85. The minimum atomic E-state index is -0.709. The molecule has 1 saturated carbocycles. The number of aromatic nitrogens is 1. The summed E-state index contributed by atoms with van der Waals surface area (Å²) in [6.45, 7) is 3.75. The summed E-state index contributed by atoms with van der Waals surface area (Å²) in [6.07, 6.45) is 3.26. The van der Waals surface area contributed by atoms with Crippen molar-refractivity contribution in [1.82, 2.24) is 10.3 Å². The maximum Gasteiger partial charge on any atom is 0.314 e. The zero-order valence-corrected chi connectivity index (χ0v) is 18.8. The molecule has 1 aliphatic carbocycles. The highest BCUT2D eigenvalue weighted by atomic mass is 16.4. The van der Waals surface area contributed by atoms with Crippen molar-refractivity contribution in [2.75, 3.05) is 23.7 Å². The smallest absolute Gasteiger partial charge is 0.314 e. The molecular weight excluding hydrogens is 412 g/mol. The Morgan fingerprint density at radius 2 is 1.91 bits per heavy atom. The number of nitrogens with one attached hydrogen (secondary N) is 3. The molecule has 0 spiro atoms. The molecule has 4 N–H and O–H groups in total. The Kier molecular flexibility index (Phi) is 5.77. The van der Waals surface area contributed by atoms with Crippen LogP contribution in [0.15, 0.2) is 72.9 Å². The molecule has 1 aliphatic heterocycles. The second-order valence-electron chi connectivity index (χ2n) is 9.24. The fraction of sp³-hybridized carbons (Fsp3) is 0.333. The number of anilines is 2. The van der Waals surface area contributed by atoms with E-state index < -0.39 is 11.4 Å². The molecule has 1 aromatic heterocycles. The maximum atomic E-state index is 11.8. The van der Waals surface area contributed by atoms with E-state index >= 15 is 0 Å². The molecule has 170 valence electrons. The van der Waals surface area contributed by atoms with E-state index in [1.54, 1.807) is 6.20 Å². The first-order chi connectivity index (χ1) is 16.1. The van der Waals surface area contributed by atoms with E-state index in [1.807, 2.05) is 30.3 Å². The Balaban J connectivity index is 1.33. The Bertz CT molecular complexity index is 1130. The molecule has 33 heavy (non-hydrogen) atoms. The van der Waals surface area contributed by atoms with Gasteiger partial charge in [-0.1, -0.05) is 61.5 Å². The number of hydrogen-bond donors (Lipinski definition) is 4. The van der Waals surface area contributed by atoms with Crippen LogP contribution < -0.4 is 16.0 Å². The SMILES string of the molecule is C[C@H](CN[C@H](c1ccccc1)[C@H]1CNc2cccnc2N1)c1cccc(C2(C(=O)O)CC2)c1. The van der Waals surface area contributed by atoms with E-state index in [4.69, 9.17) is 0 Å². The molecule has 1 fully saturated rings. The summed E-state index contributed by atoms with van der Waals surface area (Å²) in [7, 11) is 0. The van der Waals surface area contributed by atoms with Gasteiger partial charge in [0.1, 0.15) is 5.82 Å². The van der Waals surface area contributed by atoms with Crippen molar-refractivity contribution < 1.29 is 9.90 Å². The van der Waals surface area contributed by atoms with Crippen molar-refractivity contribution in [3.05, 3.63) is 89.6 Å². The van der Waals surface area contributed by atoms with Gasteiger partial charge < -0.3 is 21.1 Å². The van der Waals surface area contributed by atoms with Crippen LogP contribution in [0.4, 0.5) is 11.5 Å². The van der Waals surface area contributed by atoms with Crippen molar-refractivity contribution in [3.63, 3.8) is 0 Å². The molecule has 5 rings (SSSR count). The number of carbonyl (C=O) groups is 1. The van der Waals surface area contributed by atoms with E-state index in [9.17, 15) is 9.90 Å². The number of benzene rings is 2. The van der Waals surface area contributed by atoms with E-state index in [2.05, 4.69) is 64.3 Å². The van der Waals surface area contributed by atoms with E-state index in [0.717, 1.165) is 43.0 Å². The molecule has 0 radical (unpaired) electrons. The molecule has 0 saturated heterocycles. The fourth-order valence-electron chi connectivity index (χ4n) is 4.78. The third kappa shape index (κ3) is 4.31. The second kappa shape index (κ2) is 8.87. The third-order valence-corrected chi connectivity index (χ3v) is 7.01. The molecular formula is C27H30N4O2. The summed E-state index contributed by atoms with van der Waals surface area (Å²) < 4.78 is 0. The lowest BCUT2D eigenvalue weighted by atomic mass is 9.90. The normalized spacial score (nSPS) is 20.0. The fourth-order valence-corrected chi connectivity index (χ4v) is 4.78. The van der Waals surface area contributed by atoms with Gasteiger partial charge in [0.25, 0.3) is 0 Å². The molecule has 6 heteroatoms. The monoisotopic (exact) mass is 442 g/mol. The number of fused-ring (bicyclic) bond motifs is 1. The quantitative estimate of drug-likeness (QED) is 0.410. The average molecular weight is 443 g/mol. The number of rotatable bonds is 8. The molecule has 6 nitrogen and oxygen atoms in total. The van der Waals surface area contributed by atoms with Crippen LogP contribution in [0, 0.1) is 0 Å². The predicted molar refractivity (Wildman–Crippen MR) is 131 cm³/mol. The van der Waals surface area contributed by atoms with Crippen LogP contribution in [0.2, 0.25) is 0 Å². The van der Waals surface area contributed by atoms with Crippen molar-refractivity contribution in [2.45, 2.75) is 43.2 Å². The number of nitrogens with zero attached hydrogens (tertiary/aromatic N) is 1. The van der Waals surface area contributed by atoms with Gasteiger partial charge in [0.2, 0.25) is 0 Å². The van der Waals surface area contributed by atoms with Crippen LogP contribution in [0.1, 0.15) is 48.4 Å². The first-order valence-corrected chi connectivity index (χ1v) is 11.6. The zero-order valence-electron chi connectivity index (χ0n) is 18.8. The van der Waals surface area contributed by atoms with Crippen LogP contribution in [-0.2, 0) is 10.2 Å². The first kappa shape index (κ1) is 21.5. The van der Waals surface area contributed by atoms with Crippen molar-refractivity contribution in [1.29, 1.82) is 0 Å². The summed E-state index contributed by atoms with van der Waals surface area (Å²) in [5, 5.41) is 20.6. The standard InChI is InChI=1S/C27H30N4O2/c1-18(20-9-5-10-21(15-20)27(12-13-27)26(32)33)16-30-24(19-7-3-2-4-8-19)23-17-29-22-11-6-14-28-25(22)31-23/h2-11,14-15,18,23-24,29-30H,12-13,16-17H2,1H3,(H,28,31)(H,32,33)/t18-,23-,24-/m1/s1. The van der Waals surface area contributed by atoms with Gasteiger partial charge in [0.05, 0.1) is 23.2 Å². The topological polar surface area (TPSA) is 86.3 Å². The molecule has 2 aliphatic rings. The van der Waals surface area contributed by atoms with Gasteiger partial charge in [0.15, 0.2) is 0 Å². The number of carboxylic acid groups (broad SMARTS) is 1. The predicted octanol–water partition coefficient (Wildman–Crippen LogP) is 4.54. The van der Waals surface area contributed by atoms with Crippen molar-refractivity contribution in [2.24, 2.45) is 0 Å². The lowest BCUT2D eigenvalue weighted by Gasteiger charge is -2.35. The van der Waals surface area contributed by atoms with Gasteiger partial charge in [-0.3, -0.25) is 4.79 Å². The highest BCUT2D eigenvalue weighted by Gasteiger charge is 2.51. The maximum absolute atomic E-state index is 11.8. The Morgan fingerprint density at radius 3 is 2.67 bits per heavy atom. The van der Waals surface area contributed by atoms with Crippen LogP contribution >= 0.6 is 0 Å².